The molecule has 1 aliphatic rings. The minimum absolute atomic E-state index is 0.867. The zero-order chi connectivity index (χ0) is 13.2. The highest BCUT2D eigenvalue weighted by molar-refractivity contribution is 4.72. The minimum atomic E-state index is 0.867. The van der Waals surface area contributed by atoms with Crippen LogP contribution in [0.4, 0.5) is 0 Å². The van der Waals surface area contributed by atoms with E-state index >= 15 is 0 Å². The number of hydrogen-bond donors (Lipinski definition) is 1. The molecule has 2 unspecified atom stereocenters. The van der Waals surface area contributed by atoms with Crippen molar-refractivity contribution in [2.24, 2.45) is 17.6 Å². The molecule has 1 saturated heterocycles. The first-order valence-electron chi connectivity index (χ1n) is 8.22. The lowest BCUT2D eigenvalue weighted by atomic mass is 9.93. The molecule has 2 atom stereocenters. The van der Waals surface area contributed by atoms with Crippen molar-refractivity contribution in [2.45, 2.75) is 65.2 Å². The van der Waals surface area contributed by atoms with Crippen molar-refractivity contribution in [3.63, 3.8) is 0 Å². The fourth-order valence-corrected chi connectivity index (χ4v) is 3.37. The quantitative estimate of drug-likeness (QED) is 0.680. The van der Waals surface area contributed by atoms with Crippen LogP contribution in [0.1, 0.15) is 65.2 Å². The van der Waals surface area contributed by atoms with E-state index in [2.05, 4.69) is 18.7 Å². The maximum Gasteiger partial charge on any atom is 0.000956 e. The Hall–Kier alpha value is -0.0800. The highest BCUT2D eigenvalue weighted by Crippen LogP contribution is 2.21. The third kappa shape index (κ3) is 6.19. The van der Waals surface area contributed by atoms with Crippen molar-refractivity contribution in [1.82, 2.24) is 4.90 Å². The summed E-state index contributed by atoms with van der Waals surface area (Å²) in [6, 6.07) is 0. The second kappa shape index (κ2) is 9.80. The van der Waals surface area contributed by atoms with Gasteiger partial charge in [0.05, 0.1) is 0 Å². The van der Waals surface area contributed by atoms with Crippen LogP contribution in [0.25, 0.3) is 0 Å². The third-order valence-electron chi connectivity index (χ3n) is 4.54. The lowest BCUT2D eigenvalue weighted by Gasteiger charge is -2.32. The van der Waals surface area contributed by atoms with Gasteiger partial charge in [0.15, 0.2) is 0 Å². The fraction of sp³-hybridized carbons (Fsp3) is 1.00. The highest BCUT2D eigenvalue weighted by Gasteiger charge is 2.18. The lowest BCUT2D eigenvalue weighted by Crippen LogP contribution is -2.35. The molecule has 0 aromatic heterocycles. The number of nitrogens with two attached hydrogens (primary N) is 1. The average Bonchev–Trinajstić information content (AvgIpc) is 2.39. The van der Waals surface area contributed by atoms with Gasteiger partial charge >= 0.3 is 0 Å². The van der Waals surface area contributed by atoms with Crippen LogP contribution in [0, 0.1) is 11.8 Å². The van der Waals surface area contributed by atoms with Crippen molar-refractivity contribution in [1.29, 1.82) is 0 Å². The predicted molar refractivity (Wildman–Crippen MR) is 80.8 cm³/mol. The van der Waals surface area contributed by atoms with Gasteiger partial charge in [0, 0.05) is 6.54 Å². The smallest absolute Gasteiger partial charge is 0.000956 e. The van der Waals surface area contributed by atoms with E-state index in [1.165, 1.54) is 71.0 Å². The molecular formula is C16H34N2. The van der Waals surface area contributed by atoms with Crippen LogP contribution in [0.3, 0.4) is 0 Å². The van der Waals surface area contributed by atoms with Gasteiger partial charge in [-0.25, -0.2) is 0 Å². The van der Waals surface area contributed by atoms with Crippen molar-refractivity contribution < 1.29 is 0 Å². The Balaban J connectivity index is 2.15. The summed E-state index contributed by atoms with van der Waals surface area (Å²) < 4.78 is 0. The van der Waals surface area contributed by atoms with Crippen molar-refractivity contribution in [3.05, 3.63) is 0 Å². The van der Waals surface area contributed by atoms with E-state index in [-0.39, 0.29) is 0 Å². The zero-order valence-electron chi connectivity index (χ0n) is 12.7. The van der Waals surface area contributed by atoms with Crippen LogP contribution >= 0.6 is 0 Å². The molecule has 1 aliphatic heterocycles. The molecule has 0 amide bonds. The van der Waals surface area contributed by atoms with E-state index in [0.29, 0.717) is 0 Å². The highest BCUT2D eigenvalue weighted by atomic mass is 15.1. The predicted octanol–water partition coefficient (Wildman–Crippen LogP) is 3.65. The van der Waals surface area contributed by atoms with E-state index in [9.17, 15) is 0 Å². The SMILES string of the molecule is CCCC(CCN)CCCN1CCCC(CC)C1. The van der Waals surface area contributed by atoms with Gasteiger partial charge in [-0.15, -0.1) is 0 Å². The van der Waals surface area contributed by atoms with Gasteiger partial charge in [-0.1, -0.05) is 33.1 Å². The molecule has 0 bridgehead atoms. The molecule has 0 aromatic rings. The maximum absolute atomic E-state index is 5.70. The first-order valence-corrected chi connectivity index (χ1v) is 8.22. The Labute approximate surface area is 114 Å². The molecular weight excluding hydrogens is 220 g/mol. The standard InChI is InChI=1S/C16H34N2/c1-3-7-16(10-11-17)9-6-13-18-12-5-8-15(4-2)14-18/h15-16H,3-14,17H2,1-2H3. The van der Waals surface area contributed by atoms with Gasteiger partial charge in [-0.2, -0.15) is 0 Å². The third-order valence-corrected chi connectivity index (χ3v) is 4.54. The summed E-state index contributed by atoms with van der Waals surface area (Å²) in [5.41, 5.74) is 5.70. The lowest BCUT2D eigenvalue weighted by molar-refractivity contribution is 0.166. The molecule has 1 fully saturated rings. The van der Waals surface area contributed by atoms with Crippen molar-refractivity contribution >= 4 is 0 Å². The summed E-state index contributed by atoms with van der Waals surface area (Å²) in [7, 11) is 0. The molecule has 2 heteroatoms. The molecule has 0 radical (unpaired) electrons. The van der Waals surface area contributed by atoms with Crippen LogP contribution < -0.4 is 5.73 Å². The zero-order valence-corrected chi connectivity index (χ0v) is 12.7. The van der Waals surface area contributed by atoms with Gasteiger partial charge in [-0.05, 0) is 63.6 Å². The van der Waals surface area contributed by atoms with E-state index in [1.807, 2.05) is 0 Å². The summed E-state index contributed by atoms with van der Waals surface area (Å²) in [6.07, 6.45) is 10.9. The first kappa shape index (κ1) is 16.0. The summed E-state index contributed by atoms with van der Waals surface area (Å²) >= 11 is 0. The van der Waals surface area contributed by atoms with Gasteiger partial charge in [0.25, 0.3) is 0 Å². The molecule has 0 saturated carbocycles. The normalized spacial score (nSPS) is 23.2. The average molecular weight is 254 g/mol. The molecule has 2 nitrogen and oxygen atoms in total. The van der Waals surface area contributed by atoms with E-state index in [4.69, 9.17) is 5.73 Å². The number of nitrogens with zero attached hydrogens (tertiary/aromatic N) is 1. The Bertz CT molecular complexity index is 188. The van der Waals surface area contributed by atoms with Gasteiger partial charge in [-0.3, -0.25) is 0 Å². The Kier molecular flexibility index (Phi) is 8.70. The Morgan fingerprint density at radius 2 is 2.06 bits per heavy atom. The largest absolute Gasteiger partial charge is 0.330 e. The molecule has 1 heterocycles. The molecule has 1 rings (SSSR count). The molecule has 0 aromatic carbocycles. The van der Waals surface area contributed by atoms with Gasteiger partial charge < -0.3 is 10.6 Å². The van der Waals surface area contributed by atoms with E-state index < -0.39 is 0 Å². The maximum atomic E-state index is 5.70. The molecule has 108 valence electrons. The van der Waals surface area contributed by atoms with Crippen LogP contribution in [0.15, 0.2) is 0 Å². The van der Waals surface area contributed by atoms with Crippen molar-refractivity contribution in [2.75, 3.05) is 26.2 Å². The second-order valence-corrected chi connectivity index (χ2v) is 6.09. The summed E-state index contributed by atoms with van der Waals surface area (Å²) in [5, 5.41) is 0. The summed E-state index contributed by atoms with van der Waals surface area (Å²) in [6.45, 7) is 9.51. The molecule has 0 spiro atoms. The van der Waals surface area contributed by atoms with E-state index in [0.717, 1.165) is 18.4 Å². The number of rotatable bonds is 9. The molecule has 0 aliphatic carbocycles. The van der Waals surface area contributed by atoms with Gasteiger partial charge in [0.2, 0.25) is 0 Å². The minimum Gasteiger partial charge on any atom is -0.330 e. The Morgan fingerprint density at radius 1 is 1.22 bits per heavy atom. The Morgan fingerprint density at radius 3 is 2.72 bits per heavy atom. The number of hydrogen-bond acceptors (Lipinski definition) is 2. The van der Waals surface area contributed by atoms with Crippen molar-refractivity contribution in [3.8, 4) is 0 Å². The monoisotopic (exact) mass is 254 g/mol. The van der Waals surface area contributed by atoms with Gasteiger partial charge in [0.1, 0.15) is 0 Å². The summed E-state index contributed by atoms with van der Waals surface area (Å²) in [4.78, 5) is 2.70. The molecule has 2 N–H and O–H groups in total. The fourth-order valence-electron chi connectivity index (χ4n) is 3.37. The topological polar surface area (TPSA) is 29.3 Å². The van der Waals surface area contributed by atoms with Crippen LogP contribution in [-0.2, 0) is 0 Å². The van der Waals surface area contributed by atoms with Crippen LogP contribution in [0.5, 0.6) is 0 Å². The van der Waals surface area contributed by atoms with E-state index in [1.54, 1.807) is 0 Å². The summed E-state index contributed by atoms with van der Waals surface area (Å²) in [5.74, 6) is 1.85. The van der Waals surface area contributed by atoms with Crippen LogP contribution in [-0.4, -0.2) is 31.1 Å². The molecule has 18 heavy (non-hydrogen) atoms. The van der Waals surface area contributed by atoms with Crippen LogP contribution in [0.2, 0.25) is 0 Å². The first-order chi connectivity index (χ1) is 8.80. The second-order valence-electron chi connectivity index (χ2n) is 6.09. The number of piperidine rings is 1. The number of likely N-dealkylation sites (tertiary alicyclic amines) is 1.